The average Bonchev–Trinajstić information content (AvgIpc) is 2.51. The van der Waals surface area contributed by atoms with E-state index in [4.69, 9.17) is 5.11 Å². The molecule has 10 heteroatoms. The van der Waals surface area contributed by atoms with E-state index in [1.54, 1.807) is 0 Å². The lowest BCUT2D eigenvalue weighted by Crippen LogP contribution is -2.24. The van der Waals surface area contributed by atoms with Gasteiger partial charge in [-0.15, -0.1) is 0 Å². The van der Waals surface area contributed by atoms with Gasteiger partial charge < -0.3 is 10.2 Å². The van der Waals surface area contributed by atoms with Gasteiger partial charge in [-0.1, -0.05) is 0 Å². The highest BCUT2D eigenvalue weighted by Crippen LogP contribution is 2.12. The number of carbonyl (C=O) groups is 4. The molecule has 0 radical (unpaired) electrons. The van der Waals surface area contributed by atoms with Crippen LogP contribution in [0.4, 0.5) is 0 Å². The summed E-state index contributed by atoms with van der Waals surface area (Å²) in [6.07, 6.45) is -1.03. The van der Waals surface area contributed by atoms with Crippen molar-refractivity contribution in [3.8, 4) is 0 Å². The molecule has 128 valence electrons. The van der Waals surface area contributed by atoms with Gasteiger partial charge in [0.1, 0.15) is 0 Å². The summed E-state index contributed by atoms with van der Waals surface area (Å²) < 4.78 is 0. The minimum Gasteiger partial charge on any atom is -0.396 e. The number of rotatable bonds is 3. The van der Waals surface area contributed by atoms with Gasteiger partial charge in [-0.3, -0.25) is 0 Å². The zero-order chi connectivity index (χ0) is 17.2. The first-order valence-electron chi connectivity index (χ1n) is 6.77. The summed E-state index contributed by atoms with van der Waals surface area (Å²) >= 11 is 0. The van der Waals surface area contributed by atoms with Gasteiger partial charge in [0.05, 0.1) is 24.5 Å². The molecule has 0 saturated carbocycles. The second kappa shape index (κ2) is 9.54. The quantitative estimate of drug-likeness (QED) is 0.632. The molecular weight excluding hydrogens is 316 g/mol. The molecule has 0 aromatic carbocycles. The highest BCUT2D eigenvalue weighted by molar-refractivity contribution is 5.97. The van der Waals surface area contributed by atoms with E-state index in [-0.39, 0.29) is 32.1 Å². The van der Waals surface area contributed by atoms with Gasteiger partial charge in [-0.05, 0) is 12.8 Å². The first-order valence-corrected chi connectivity index (χ1v) is 6.77. The summed E-state index contributed by atoms with van der Waals surface area (Å²) in [4.78, 5) is 62.6. The second-order valence-corrected chi connectivity index (χ2v) is 4.52. The third kappa shape index (κ3) is 6.89. The Hall–Kier alpha value is -2.46. The SMILES string of the molecule is O=C1/C=C(\C(O)CCO)C(=O)OOC(=O)CCCCC(=O)OO1. The van der Waals surface area contributed by atoms with E-state index < -0.39 is 42.2 Å². The van der Waals surface area contributed by atoms with Gasteiger partial charge in [0.15, 0.2) is 0 Å². The molecule has 0 aromatic heterocycles. The molecule has 1 heterocycles. The van der Waals surface area contributed by atoms with Crippen LogP contribution < -0.4 is 0 Å². The van der Waals surface area contributed by atoms with Crippen molar-refractivity contribution in [2.24, 2.45) is 0 Å². The summed E-state index contributed by atoms with van der Waals surface area (Å²) in [5, 5.41) is 18.5. The molecule has 1 aliphatic heterocycles. The van der Waals surface area contributed by atoms with Crippen LogP contribution in [-0.4, -0.2) is 46.8 Å². The molecule has 1 aliphatic rings. The minimum absolute atomic E-state index is 0.0932. The Bertz CT molecular complexity index is 495. The number of aliphatic hydroxyl groups excluding tert-OH is 2. The lowest BCUT2D eigenvalue weighted by atomic mass is 10.1. The van der Waals surface area contributed by atoms with Gasteiger partial charge >= 0.3 is 23.9 Å². The number of hydrogen-bond donors (Lipinski definition) is 2. The highest BCUT2D eigenvalue weighted by atomic mass is 17.2. The minimum atomic E-state index is -1.58. The summed E-state index contributed by atoms with van der Waals surface area (Å²) in [5.41, 5.74) is -0.634. The second-order valence-electron chi connectivity index (χ2n) is 4.52. The van der Waals surface area contributed by atoms with E-state index in [1.807, 2.05) is 0 Å². The molecule has 0 amide bonds. The molecule has 0 fully saturated rings. The Balaban J connectivity index is 2.91. The molecule has 0 spiro atoms. The van der Waals surface area contributed by atoms with Crippen LogP contribution in [0.1, 0.15) is 32.1 Å². The molecule has 10 nitrogen and oxygen atoms in total. The zero-order valence-corrected chi connectivity index (χ0v) is 12.1. The van der Waals surface area contributed by atoms with Crippen molar-refractivity contribution in [3.63, 3.8) is 0 Å². The maximum Gasteiger partial charge on any atom is 0.385 e. The third-order valence-corrected chi connectivity index (χ3v) is 2.71. The van der Waals surface area contributed by atoms with E-state index in [2.05, 4.69) is 19.6 Å². The van der Waals surface area contributed by atoms with Gasteiger partial charge in [0.25, 0.3) is 0 Å². The Morgan fingerprint density at radius 2 is 1.52 bits per heavy atom. The fourth-order valence-electron chi connectivity index (χ4n) is 1.56. The van der Waals surface area contributed by atoms with Crippen LogP contribution in [0.2, 0.25) is 0 Å². The normalized spacial score (nSPS) is 21.7. The van der Waals surface area contributed by atoms with Crippen molar-refractivity contribution in [3.05, 3.63) is 11.6 Å². The Morgan fingerprint density at radius 1 is 0.957 bits per heavy atom. The van der Waals surface area contributed by atoms with Crippen molar-refractivity contribution in [2.75, 3.05) is 6.61 Å². The topological polar surface area (TPSA) is 146 Å². The molecule has 1 unspecified atom stereocenters. The molecule has 0 aliphatic carbocycles. The van der Waals surface area contributed by atoms with Crippen LogP contribution in [0, 0.1) is 0 Å². The molecule has 1 rings (SSSR count). The summed E-state index contributed by atoms with van der Waals surface area (Å²) in [7, 11) is 0. The van der Waals surface area contributed by atoms with Crippen molar-refractivity contribution >= 4 is 23.9 Å². The molecule has 23 heavy (non-hydrogen) atoms. The number of carbonyl (C=O) groups excluding carboxylic acids is 4. The van der Waals surface area contributed by atoms with Crippen molar-refractivity contribution in [1.29, 1.82) is 0 Å². The van der Waals surface area contributed by atoms with E-state index in [9.17, 15) is 24.3 Å². The predicted molar refractivity (Wildman–Crippen MR) is 68.6 cm³/mol. The van der Waals surface area contributed by atoms with Gasteiger partial charge in [0.2, 0.25) is 0 Å². The Labute approximate surface area is 130 Å². The van der Waals surface area contributed by atoms with Gasteiger partial charge in [-0.25, -0.2) is 38.7 Å². The van der Waals surface area contributed by atoms with Crippen LogP contribution in [0.3, 0.4) is 0 Å². The lowest BCUT2D eigenvalue weighted by molar-refractivity contribution is -0.258. The number of hydrogen-bond acceptors (Lipinski definition) is 10. The molecule has 0 bridgehead atoms. The van der Waals surface area contributed by atoms with E-state index in [0.29, 0.717) is 6.08 Å². The Morgan fingerprint density at radius 3 is 2.09 bits per heavy atom. The largest absolute Gasteiger partial charge is 0.396 e. The summed E-state index contributed by atoms with van der Waals surface area (Å²) in [5.74, 6) is -4.27. The monoisotopic (exact) mass is 332 g/mol. The smallest absolute Gasteiger partial charge is 0.385 e. The zero-order valence-electron chi connectivity index (χ0n) is 12.1. The van der Waals surface area contributed by atoms with Crippen LogP contribution in [0.25, 0.3) is 0 Å². The first kappa shape index (κ1) is 18.6. The van der Waals surface area contributed by atoms with Crippen molar-refractivity contribution < 1.29 is 48.9 Å². The number of aliphatic hydroxyl groups is 2. The summed E-state index contributed by atoms with van der Waals surface area (Å²) in [6.45, 7) is -0.490. The van der Waals surface area contributed by atoms with Crippen LogP contribution in [0.5, 0.6) is 0 Å². The van der Waals surface area contributed by atoms with E-state index in [0.717, 1.165) is 0 Å². The van der Waals surface area contributed by atoms with E-state index in [1.165, 1.54) is 0 Å². The first-order chi connectivity index (χ1) is 10.9. The van der Waals surface area contributed by atoms with Crippen LogP contribution in [0.15, 0.2) is 11.6 Å². The van der Waals surface area contributed by atoms with Crippen molar-refractivity contribution in [1.82, 2.24) is 0 Å². The molecule has 1 atom stereocenters. The molecular formula is C13H16O10. The lowest BCUT2D eigenvalue weighted by Gasteiger charge is -2.12. The van der Waals surface area contributed by atoms with Crippen molar-refractivity contribution in [2.45, 2.75) is 38.2 Å². The van der Waals surface area contributed by atoms with Crippen LogP contribution >= 0.6 is 0 Å². The average molecular weight is 332 g/mol. The van der Waals surface area contributed by atoms with Crippen LogP contribution in [-0.2, 0) is 38.7 Å². The fraction of sp³-hybridized carbons (Fsp3) is 0.538. The predicted octanol–water partition coefficient (Wildman–Crippen LogP) is -0.767. The highest BCUT2D eigenvalue weighted by Gasteiger charge is 2.25. The maximum absolute atomic E-state index is 11.7. The fourth-order valence-corrected chi connectivity index (χ4v) is 1.56. The summed E-state index contributed by atoms with van der Waals surface area (Å²) in [6, 6.07) is 0. The van der Waals surface area contributed by atoms with Gasteiger partial charge in [0, 0.05) is 19.1 Å². The molecule has 2 N–H and O–H groups in total. The van der Waals surface area contributed by atoms with E-state index >= 15 is 0 Å². The third-order valence-electron chi connectivity index (χ3n) is 2.71. The molecule has 0 saturated heterocycles. The standard InChI is InChI=1S/C13H16O10/c14-6-5-9(15)8-7-12(18)22-20-10(16)3-1-2-4-11(17)21-23-13(8)19/h7,9,14-15H,1-6H2/b8-7+. The Kier molecular flexibility index (Phi) is 7.71. The van der Waals surface area contributed by atoms with Gasteiger partial charge in [-0.2, -0.15) is 0 Å². The maximum atomic E-state index is 11.7. The molecule has 0 aromatic rings.